The zero-order chi connectivity index (χ0) is 13.6. The third kappa shape index (κ3) is 1.92. The number of anilines is 1. The van der Waals surface area contributed by atoms with E-state index in [2.05, 4.69) is 31.2 Å². The van der Waals surface area contributed by atoms with E-state index in [-0.39, 0.29) is 0 Å². The number of pyridine rings is 1. The van der Waals surface area contributed by atoms with Crippen LogP contribution in [0.15, 0.2) is 36.4 Å². The van der Waals surface area contributed by atoms with Gasteiger partial charge in [0.1, 0.15) is 5.82 Å². The average Bonchev–Trinajstić information content (AvgIpc) is 2.38. The Kier molecular flexibility index (Phi) is 2.83. The molecule has 0 aliphatic rings. The number of aromatic nitrogens is 1. The molecule has 0 saturated heterocycles. The standard InChI is InChI=1S/C16H15ClN2/c1-10-7-8-14-12(9-10)11-5-4-6-13(17)15(11)16(18-14)19(2)3/h4-9H,1-3H3. The fraction of sp³-hybridized carbons (Fsp3) is 0.188. The quantitative estimate of drug-likeness (QED) is 0.609. The monoisotopic (exact) mass is 270 g/mol. The first-order chi connectivity index (χ1) is 9.08. The van der Waals surface area contributed by atoms with Crippen molar-refractivity contribution in [1.82, 2.24) is 4.98 Å². The molecule has 1 heterocycles. The van der Waals surface area contributed by atoms with Crippen molar-refractivity contribution in [2.24, 2.45) is 0 Å². The van der Waals surface area contributed by atoms with Gasteiger partial charge in [0.05, 0.1) is 10.5 Å². The zero-order valence-corrected chi connectivity index (χ0v) is 12.0. The van der Waals surface area contributed by atoms with E-state index in [1.54, 1.807) is 0 Å². The van der Waals surface area contributed by atoms with Crippen molar-refractivity contribution < 1.29 is 0 Å². The number of hydrogen-bond donors (Lipinski definition) is 0. The fourth-order valence-electron chi connectivity index (χ4n) is 2.43. The normalized spacial score (nSPS) is 11.2. The summed E-state index contributed by atoms with van der Waals surface area (Å²) in [5, 5.41) is 4.08. The molecular formula is C16H15ClN2. The van der Waals surface area contributed by atoms with E-state index in [9.17, 15) is 0 Å². The van der Waals surface area contributed by atoms with Gasteiger partial charge in [0.15, 0.2) is 0 Å². The lowest BCUT2D eigenvalue weighted by molar-refractivity contribution is 1.09. The molecular weight excluding hydrogens is 256 g/mol. The largest absolute Gasteiger partial charge is 0.362 e. The van der Waals surface area contributed by atoms with Gasteiger partial charge in [0.25, 0.3) is 0 Å². The van der Waals surface area contributed by atoms with Crippen LogP contribution in [0.3, 0.4) is 0 Å². The molecule has 1 aromatic heterocycles. The molecule has 0 atom stereocenters. The Morgan fingerprint density at radius 3 is 2.58 bits per heavy atom. The summed E-state index contributed by atoms with van der Waals surface area (Å²) in [7, 11) is 3.98. The second-order valence-corrected chi connectivity index (χ2v) is 5.42. The highest BCUT2D eigenvalue weighted by atomic mass is 35.5. The summed E-state index contributed by atoms with van der Waals surface area (Å²) in [6.07, 6.45) is 0. The van der Waals surface area contributed by atoms with Gasteiger partial charge in [-0.2, -0.15) is 0 Å². The number of rotatable bonds is 1. The molecule has 19 heavy (non-hydrogen) atoms. The number of nitrogens with zero attached hydrogens (tertiary/aromatic N) is 2. The van der Waals surface area contributed by atoms with Gasteiger partial charge < -0.3 is 4.90 Å². The molecule has 0 unspecified atom stereocenters. The molecule has 96 valence electrons. The lowest BCUT2D eigenvalue weighted by Crippen LogP contribution is -2.11. The van der Waals surface area contributed by atoms with Gasteiger partial charge in [-0.05, 0) is 30.5 Å². The van der Waals surface area contributed by atoms with Crippen LogP contribution in [0.2, 0.25) is 5.02 Å². The highest BCUT2D eigenvalue weighted by molar-refractivity contribution is 6.37. The van der Waals surface area contributed by atoms with Crippen LogP contribution in [0.1, 0.15) is 5.56 Å². The summed E-state index contributed by atoms with van der Waals surface area (Å²) in [6.45, 7) is 2.09. The average molecular weight is 271 g/mol. The first-order valence-electron chi connectivity index (χ1n) is 6.24. The molecule has 0 bridgehead atoms. The minimum Gasteiger partial charge on any atom is -0.362 e. The van der Waals surface area contributed by atoms with Crippen LogP contribution in [0.25, 0.3) is 21.7 Å². The number of benzene rings is 2. The summed E-state index contributed by atoms with van der Waals surface area (Å²) >= 11 is 6.38. The van der Waals surface area contributed by atoms with Crippen LogP contribution in [0.5, 0.6) is 0 Å². The summed E-state index contributed by atoms with van der Waals surface area (Å²) < 4.78 is 0. The number of fused-ring (bicyclic) bond motifs is 3. The predicted molar refractivity (Wildman–Crippen MR) is 83.3 cm³/mol. The highest BCUT2D eigenvalue weighted by Crippen LogP contribution is 2.35. The van der Waals surface area contributed by atoms with Gasteiger partial charge >= 0.3 is 0 Å². The second kappa shape index (κ2) is 4.39. The molecule has 2 aromatic carbocycles. The van der Waals surface area contributed by atoms with Crippen LogP contribution in [0, 0.1) is 6.92 Å². The summed E-state index contributed by atoms with van der Waals surface area (Å²) in [5.74, 6) is 0.914. The van der Waals surface area contributed by atoms with E-state index in [1.165, 1.54) is 5.56 Å². The van der Waals surface area contributed by atoms with E-state index in [1.807, 2.05) is 31.1 Å². The van der Waals surface area contributed by atoms with Crippen LogP contribution in [-0.4, -0.2) is 19.1 Å². The maximum atomic E-state index is 6.38. The Morgan fingerprint density at radius 1 is 1.05 bits per heavy atom. The predicted octanol–water partition coefficient (Wildman–Crippen LogP) is 4.42. The van der Waals surface area contributed by atoms with Crippen molar-refractivity contribution in [3.63, 3.8) is 0 Å². The molecule has 3 aromatic rings. The first-order valence-corrected chi connectivity index (χ1v) is 6.61. The van der Waals surface area contributed by atoms with Gasteiger partial charge in [-0.1, -0.05) is 35.4 Å². The van der Waals surface area contributed by atoms with Crippen molar-refractivity contribution in [2.75, 3.05) is 19.0 Å². The van der Waals surface area contributed by atoms with Crippen LogP contribution < -0.4 is 4.90 Å². The van der Waals surface area contributed by atoms with E-state index in [4.69, 9.17) is 16.6 Å². The molecule has 0 spiro atoms. The molecule has 0 amide bonds. The van der Waals surface area contributed by atoms with Crippen molar-refractivity contribution >= 4 is 39.1 Å². The Bertz CT molecular complexity index is 778. The summed E-state index contributed by atoms with van der Waals surface area (Å²) in [5.41, 5.74) is 2.23. The van der Waals surface area contributed by atoms with Crippen LogP contribution >= 0.6 is 11.6 Å². The molecule has 0 aliphatic carbocycles. The molecule has 2 nitrogen and oxygen atoms in total. The molecule has 0 fully saturated rings. The second-order valence-electron chi connectivity index (χ2n) is 5.01. The third-order valence-electron chi connectivity index (χ3n) is 3.33. The molecule has 0 radical (unpaired) electrons. The maximum absolute atomic E-state index is 6.38. The molecule has 3 heteroatoms. The summed E-state index contributed by atoms with van der Waals surface area (Å²) in [6, 6.07) is 12.3. The van der Waals surface area contributed by atoms with Crippen LogP contribution in [0.4, 0.5) is 5.82 Å². The maximum Gasteiger partial charge on any atom is 0.138 e. The Labute approximate surface area is 117 Å². The van der Waals surface area contributed by atoms with E-state index >= 15 is 0 Å². The Morgan fingerprint density at radius 2 is 1.84 bits per heavy atom. The minimum atomic E-state index is 0.747. The Hall–Kier alpha value is -1.80. The van der Waals surface area contributed by atoms with Gasteiger partial charge in [0, 0.05) is 24.9 Å². The zero-order valence-electron chi connectivity index (χ0n) is 11.2. The lowest BCUT2D eigenvalue weighted by Gasteiger charge is -2.17. The van der Waals surface area contributed by atoms with Gasteiger partial charge in [0.2, 0.25) is 0 Å². The van der Waals surface area contributed by atoms with Gasteiger partial charge in [-0.3, -0.25) is 0 Å². The van der Waals surface area contributed by atoms with Crippen molar-refractivity contribution in [1.29, 1.82) is 0 Å². The molecule has 0 saturated carbocycles. The van der Waals surface area contributed by atoms with Crippen molar-refractivity contribution in [2.45, 2.75) is 6.92 Å². The molecule has 3 rings (SSSR count). The highest BCUT2D eigenvalue weighted by Gasteiger charge is 2.12. The van der Waals surface area contributed by atoms with Crippen molar-refractivity contribution in [3.05, 3.63) is 47.0 Å². The smallest absolute Gasteiger partial charge is 0.138 e. The number of hydrogen-bond acceptors (Lipinski definition) is 2. The van der Waals surface area contributed by atoms with E-state index in [0.29, 0.717) is 0 Å². The van der Waals surface area contributed by atoms with Gasteiger partial charge in [-0.15, -0.1) is 0 Å². The fourth-order valence-corrected chi connectivity index (χ4v) is 2.69. The van der Waals surface area contributed by atoms with E-state index in [0.717, 1.165) is 32.5 Å². The SMILES string of the molecule is Cc1ccc2nc(N(C)C)c3c(Cl)cccc3c2c1. The third-order valence-corrected chi connectivity index (χ3v) is 3.64. The summed E-state index contributed by atoms with van der Waals surface area (Å²) in [4.78, 5) is 6.75. The van der Waals surface area contributed by atoms with Crippen LogP contribution in [-0.2, 0) is 0 Å². The van der Waals surface area contributed by atoms with E-state index < -0.39 is 0 Å². The Balaban J connectivity index is 2.58. The topological polar surface area (TPSA) is 16.1 Å². The number of halogens is 1. The first kappa shape index (κ1) is 12.2. The van der Waals surface area contributed by atoms with Gasteiger partial charge in [-0.25, -0.2) is 4.98 Å². The number of aryl methyl sites for hydroxylation is 1. The van der Waals surface area contributed by atoms with Crippen molar-refractivity contribution in [3.8, 4) is 0 Å². The lowest BCUT2D eigenvalue weighted by atomic mass is 10.0. The molecule has 0 N–H and O–H groups in total. The minimum absolute atomic E-state index is 0.747. The molecule has 0 aliphatic heterocycles.